The SMILES string of the molecule is Cc1nc(C)c(C(=O)N(CCCN(C)C)c2nc3ccc(F)cc3s2)s1.Cl. The van der Waals surface area contributed by atoms with Gasteiger partial charge in [-0.05, 0) is 59.1 Å². The van der Waals surface area contributed by atoms with Crippen LogP contribution in [-0.4, -0.2) is 48.0 Å². The molecule has 0 radical (unpaired) electrons. The van der Waals surface area contributed by atoms with Gasteiger partial charge in [0, 0.05) is 6.54 Å². The van der Waals surface area contributed by atoms with Crippen LogP contribution in [0.15, 0.2) is 18.2 Å². The number of hydrogen-bond donors (Lipinski definition) is 0. The lowest BCUT2D eigenvalue weighted by Crippen LogP contribution is -2.33. The molecule has 0 unspecified atom stereocenters. The van der Waals surface area contributed by atoms with Crippen LogP contribution < -0.4 is 4.90 Å². The Hall–Kier alpha value is -1.61. The molecule has 0 N–H and O–H groups in total. The fourth-order valence-electron chi connectivity index (χ4n) is 2.68. The summed E-state index contributed by atoms with van der Waals surface area (Å²) in [5, 5.41) is 1.46. The second kappa shape index (κ2) is 9.05. The molecule has 3 rings (SSSR count). The molecule has 0 saturated heterocycles. The number of carbonyl (C=O) groups is 1. The van der Waals surface area contributed by atoms with Crippen LogP contribution in [0.4, 0.5) is 9.52 Å². The molecule has 0 bridgehead atoms. The van der Waals surface area contributed by atoms with Gasteiger partial charge in [-0.3, -0.25) is 9.69 Å². The number of halogens is 2. The molecule has 5 nitrogen and oxygen atoms in total. The largest absolute Gasteiger partial charge is 0.309 e. The van der Waals surface area contributed by atoms with Gasteiger partial charge in [-0.1, -0.05) is 11.3 Å². The molecule has 0 aliphatic rings. The molecule has 0 atom stereocenters. The quantitative estimate of drug-likeness (QED) is 0.578. The first kappa shape index (κ1) is 21.7. The Morgan fingerprint density at radius 3 is 2.52 bits per heavy atom. The van der Waals surface area contributed by atoms with Crippen LogP contribution in [-0.2, 0) is 0 Å². The third-order valence-electron chi connectivity index (χ3n) is 3.90. The summed E-state index contributed by atoms with van der Waals surface area (Å²) in [5.74, 6) is -0.390. The van der Waals surface area contributed by atoms with Gasteiger partial charge in [-0.25, -0.2) is 14.4 Å². The summed E-state index contributed by atoms with van der Waals surface area (Å²) in [5.41, 5.74) is 1.44. The van der Waals surface area contributed by atoms with Gasteiger partial charge in [0.1, 0.15) is 10.7 Å². The Morgan fingerprint density at radius 1 is 1.15 bits per heavy atom. The van der Waals surface area contributed by atoms with E-state index in [-0.39, 0.29) is 24.1 Å². The molecular formula is C18H22ClFN4OS2. The van der Waals surface area contributed by atoms with Crippen molar-refractivity contribution in [2.24, 2.45) is 0 Å². The zero-order chi connectivity index (χ0) is 18.8. The van der Waals surface area contributed by atoms with Gasteiger partial charge >= 0.3 is 0 Å². The maximum Gasteiger partial charge on any atom is 0.272 e. The van der Waals surface area contributed by atoms with Gasteiger partial charge in [-0.2, -0.15) is 0 Å². The zero-order valence-electron chi connectivity index (χ0n) is 15.7. The number of hydrogen-bond acceptors (Lipinski definition) is 6. The molecule has 0 fully saturated rings. The summed E-state index contributed by atoms with van der Waals surface area (Å²) < 4.78 is 14.2. The lowest BCUT2D eigenvalue weighted by Gasteiger charge is -2.20. The fourth-order valence-corrected chi connectivity index (χ4v) is 4.57. The van der Waals surface area contributed by atoms with E-state index in [1.807, 2.05) is 27.9 Å². The number of aryl methyl sites for hydroxylation is 2. The average molecular weight is 429 g/mol. The summed E-state index contributed by atoms with van der Waals surface area (Å²) in [6, 6.07) is 4.50. The Bertz CT molecular complexity index is 941. The summed E-state index contributed by atoms with van der Waals surface area (Å²) in [6.45, 7) is 5.16. The molecule has 0 aliphatic carbocycles. The second-order valence-electron chi connectivity index (χ2n) is 6.37. The standard InChI is InChI=1S/C18H21FN4OS2.ClH/c1-11-16(25-12(2)20-11)17(24)23(9-5-8-22(3)4)18-21-14-7-6-13(19)10-15(14)26-18;/h6-7,10H,5,8-9H2,1-4H3;1H. The zero-order valence-corrected chi connectivity index (χ0v) is 18.1. The van der Waals surface area contributed by atoms with E-state index in [1.165, 1.54) is 34.8 Å². The maximum absolute atomic E-state index is 13.5. The molecule has 2 heterocycles. The van der Waals surface area contributed by atoms with E-state index in [1.54, 1.807) is 11.0 Å². The van der Waals surface area contributed by atoms with Crippen LogP contribution in [0.1, 0.15) is 26.8 Å². The van der Waals surface area contributed by atoms with E-state index in [0.29, 0.717) is 22.1 Å². The number of carbonyl (C=O) groups excluding carboxylic acids is 1. The first-order chi connectivity index (χ1) is 12.3. The number of thiazole rings is 2. The second-order valence-corrected chi connectivity index (χ2v) is 8.58. The summed E-state index contributed by atoms with van der Waals surface area (Å²) in [4.78, 5) is 26.5. The van der Waals surface area contributed by atoms with E-state index in [9.17, 15) is 9.18 Å². The van der Waals surface area contributed by atoms with Crippen molar-refractivity contribution < 1.29 is 9.18 Å². The van der Waals surface area contributed by atoms with E-state index in [0.717, 1.165) is 28.4 Å². The first-order valence-corrected chi connectivity index (χ1v) is 9.95. The maximum atomic E-state index is 13.5. The highest BCUT2D eigenvalue weighted by molar-refractivity contribution is 7.22. The molecule has 1 aromatic carbocycles. The van der Waals surface area contributed by atoms with Crippen LogP contribution in [0, 0.1) is 19.7 Å². The van der Waals surface area contributed by atoms with Gasteiger partial charge in [-0.15, -0.1) is 23.7 Å². The normalized spacial score (nSPS) is 11.0. The van der Waals surface area contributed by atoms with Crippen molar-refractivity contribution in [2.75, 3.05) is 32.1 Å². The minimum absolute atomic E-state index is 0. The number of aromatic nitrogens is 2. The van der Waals surface area contributed by atoms with Crippen molar-refractivity contribution in [1.29, 1.82) is 0 Å². The van der Waals surface area contributed by atoms with Crippen LogP contribution in [0.5, 0.6) is 0 Å². The minimum Gasteiger partial charge on any atom is -0.309 e. The Morgan fingerprint density at radius 2 is 1.89 bits per heavy atom. The van der Waals surface area contributed by atoms with E-state index in [2.05, 4.69) is 14.9 Å². The molecule has 146 valence electrons. The first-order valence-electron chi connectivity index (χ1n) is 8.32. The van der Waals surface area contributed by atoms with Gasteiger partial charge in [0.25, 0.3) is 5.91 Å². The van der Waals surface area contributed by atoms with Crippen LogP contribution in [0.2, 0.25) is 0 Å². The molecule has 0 saturated carbocycles. The highest BCUT2D eigenvalue weighted by Crippen LogP contribution is 2.31. The summed E-state index contributed by atoms with van der Waals surface area (Å²) >= 11 is 2.74. The number of fused-ring (bicyclic) bond motifs is 1. The predicted octanol–water partition coefficient (Wildman–Crippen LogP) is 4.53. The van der Waals surface area contributed by atoms with Gasteiger partial charge in [0.05, 0.1) is 20.9 Å². The van der Waals surface area contributed by atoms with Gasteiger partial charge in [0.2, 0.25) is 0 Å². The molecule has 9 heteroatoms. The number of nitrogens with zero attached hydrogens (tertiary/aromatic N) is 4. The van der Waals surface area contributed by atoms with Gasteiger partial charge in [0.15, 0.2) is 5.13 Å². The van der Waals surface area contributed by atoms with Crippen LogP contribution in [0.25, 0.3) is 10.2 Å². The predicted molar refractivity (Wildman–Crippen MR) is 113 cm³/mol. The van der Waals surface area contributed by atoms with Crippen molar-refractivity contribution in [3.05, 3.63) is 39.6 Å². The Kier molecular flexibility index (Phi) is 7.27. The average Bonchev–Trinajstić information content (AvgIpc) is 3.12. The van der Waals surface area contributed by atoms with E-state index < -0.39 is 0 Å². The van der Waals surface area contributed by atoms with Crippen molar-refractivity contribution in [3.8, 4) is 0 Å². The van der Waals surface area contributed by atoms with E-state index in [4.69, 9.17) is 0 Å². The lowest BCUT2D eigenvalue weighted by molar-refractivity contribution is 0.0989. The molecular weight excluding hydrogens is 407 g/mol. The number of rotatable bonds is 6. The van der Waals surface area contributed by atoms with Crippen molar-refractivity contribution in [1.82, 2.24) is 14.9 Å². The third-order valence-corrected chi connectivity index (χ3v) is 6.00. The summed E-state index contributed by atoms with van der Waals surface area (Å²) in [6.07, 6.45) is 0.819. The molecule has 27 heavy (non-hydrogen) atoms. The van der Waals surface area contributed by atoms with E-state index >= 15 is 0 Å². The molecule has 0 spiro atoms. The van der Waals surface area contributed by atoms with Gasteiger partial charge < -0.3 is 4.90 Å². The number of benzene rings is 1. The highest BCUT2D eigenvalue weighted by Gasteiger charge is 2.24. The lowest BCUT2D eigenvalue weighted by atomic mass is 10.3. The topological polar surface area (TPSA) is 49.3 Å². The van der Waals surface area contributed by atoms with Crippen LogP contribution in [0.3, 0.4) is 0 Å². The molecule has 1 amide bonds. The third kappa shape index (κ3) is 5.01. The minimum atomic E-state index is -0.299. The molecule has 3 aromatic rings. The molecule has 0 aliphatic heterocycles. The summed E-state index contributed by atoms with van der Waals surface area (Å²) in [7, 11) is 4.01. The van der Waals surface area contributed by atoms with Crippen molar-refractivity contribution >= 4 is 56.3 Å². The monoisotopic (exact) mass is 428 g/mol. The smallest absolute Gasteiger partial charge is 0.272 e. The highest BCUT2D eigenvalue weighted by atomic mass is 35.5. The number of anilines is 1. The fraction of sp³-hybridized carbons (Fsp3) is 0.389. The molecule has 2 aromatic heterocycles. The number of amides is 1. The Balaban J connectivity index is 0.00000261. The van der Waals surface area contributed by atoms with Crippen molar-refractivity contribution in [3.63, 3.8) is 0 Å². The van der Waals surface area contributed by atoms with Crippen LogP contribution >= 0.6 is 35.1 Å². The van der Waals surface area contributed by atoms with Crippen molar-refractivity contribution in [2.45, 2.75) is 20.3 Å². The Labute approximate surface area is 172 Å².